The van der Waals surface area contributed by atoms with Crippen molar-refractivity contribution in [3.05, 3.63) is 46.7 Å². The topological polar surface area (TPSA) is 43.8 Å². The number of hydrogen-bond acceptors (Lipinski definition) is 2. The summed E-state index contributed by atoms with van der Waals surface area (Å²) in [7, 11) is 0. The number of anilines is 1. The van der Waals surface area contributed by atoms with Crippen LogP contribution in [0.5, 0.6) is 0 Å². The zero-order valence-corrected chi connectivity index (χ0v) is 9.11. The Hall–Kier alpha value is -1.29. The van der Waals surface area contributed by atoms with Gasteiger partial charge in [0.25, 0.3) is 0 Å². The molecule has 0 aliphatic rings. The van der Waals surface area contributed by atoms with Crippen molar-refractivity contribution in [3.63, 3.8) is 0 Å². The van der Waals surface area contributed by atoms with E-state index in [2.05, 4.69) is 21.0 Å². The van der Waals surface area contributed by atoms with Crippen LogP contribution in [0.15, 0.2) is 41.1 Å². The molecule has 0 bridgehead atoms. The van der Waals surface area contributed by atoms with E-state index in [1.165, 1.54) is 0 Å². The minimum absolute atomic E-state index is 0.754. The van der Waals surface area contributed by atoms with E-state index in [1.807, 2.05) is 35.1 Å². The molecule has 0 atom stereocenters. The molecule has 1 aromatic carbocycles. The van der Waals surface area contributed by atoms with E-state index in [-0.39, 0.29) is 0 Å². The monoisotopic (exact) mass is 251 g/mol. The predicted molar refractivity (Wildman–Crippen MR) is 59.9 cm³/mol. The summed E-state index contributed by atoms with van der Waals surface area (Å²) < 4.78 is 2.80. The molecule has 3 nitrogen and oxygen atoms in total. The maximum absolute atomic E-state index is 5.77. The predicted octanol–water partition coefficient (Wildman–Crippen LogP) is 2.28. The first-order chi connectivity index (χ1) is 6.75. The Morgan fingerprint density at radius 3 is 2.93 bits per heavy atom. The number of hydrogen-bond donors (Lipinski definition) is 1. The molecule has 0 radical (unpaired) electrons. The van der Waals surface area contributed by atoms with Gasteiger partial charge in [-0.3, -0.25) is 4.68 Å². The highest BCUT2D eigenvalue weighted by molar-refractivity contribution is 9.10. The highest BCUT2D eigenvalue weighted by Crippen LogP contribution is 2.20. The second kappa shape index (κ2) is 3.84. The molecule has 1 heterocycles. The Morgan fingerprint density at radius 1 is 1.43 bits per heavy atom. The van der Waals surface area contributed by atoms with Crippen LogP contribution in [-0.2, 0) is 6.54 Å². The SMILES string of the molecule is Nc1cc(Cn2cccn2)ccc1Br. The van der Waals surface area contributed by atoms with E-state index in [1.54, 1.807) is 6.20 Å². The van der Waals surface area contributed by atoms with Crippen LogP contribution in [0.3, 0.4) is 0 Å². The standard InChI is InChI=1S/C10H10BrN3/c11-9-3-2-8(6-10(9)12)7-14-5-1-4-13-14/h1-6H,7,12H2. The van der Waals surface area contributed by atoms with Gasteiger partial charge in [0.15, 0.2) is 0 Å². The van der Waals surface area contributed by atoms with E-state index in [4.69, 9.17) is 5.73 Å². The van der Waals surface area contributed by atoms with Crippen LogP contribution in [0, 0.1) is 0 Å². The summed E-state index contributed by atoms with van der Waals surface area (Å²) in [6.07, 6.45) is 3.69. The minimum Gasteiger partial charge on any atom is -0.398 e. The van der Waals surface area contributed by atoms with Crippen LogP contribution in [-0.4, -0.2) is 9.78 Å². The van der Waals surface area contributed by atoms with Crippen molar-refractivity contribution in [2.24, 2.45) is 0 Å². The lowest BCUT2D eigenvalue weighted by atomic mass is 10.2. The summed E-state index contributed by atoms with van der Waals surface area (Å²) >= 11 is 3.36. The molecule has 14 heavy (non-hydrogen) atoms. The molecule has 0 aliphatic carbocycles. The quantitative estimate of drug-likeness (QED) is 0.833. The van der Waals surface area contributed by atoms with E-state index in [0.29, 0.717) is 0 Å². The molecule has 2 rings (SSSR count). The molecule has 72 valence electrons. The number of benzene rings is 1. The summed E-state index contributed by atoms with van der Waals surface area (Å²) in [6.45, 7) is 0.754. The fraction of sp³-hybridized carbons (Fsp3) is 0.100. The van der Waals surface area contributed by atoms with Crippen LogP contribution in [0.1, 0.15) is 5.56 Å². The number of aromatic nitrogens is 2. The van der Waals surface area contributed by atoms with Gasteiger partial charge in [-0.25, -0.2) is 0 Å². The van der Waals surface area contributed by atoms with Gasteiger partial charge in [0.05, 0.1) is 6.54 Å². The third-order valence-corrected chi connectivity index (χ3v) is 2.69. The van der Waals surface area contributed by atoms with Crippen LogP contribution in [0.2, 0.25) is 0 Å². The highest BCUT2D eigenvalue weighted by atomic mass is 79.9. The lowest BCUT2D eigenvalue weighted by Crippen LogP contribution is -2.00. The van der Waals surface area contributed by atoms with Crippen LogP contribution >= 0.6 is 15.9 Å². The second-order valence-electron chi connectivity index (χ2n) is 3.06. The molecule has 2 N–H and O–H groups in total. The zero-order chi connectivity index (χ0) is 9.97. The van der Waals surface area contributed by atoms with Crippen molar-refractivity contribution >= 4 is 21.6 Å². The van der Waals surface area contributed by atoms with Crippen molar-refractivity contribution in [1.82, 2.24) is 9.78 Å². The number of nitrogen functional groups attached to an aromatic ring is 1. The van der Waals surface area contributed by atoms with Gasteiger partial charge in [0, 0.05) is 22.6 Å². The first-order valence-electron chi connectivity index (χ1n) is 4.27. The van der Waals surface area contributed by atoms with Gasteiger partial charge < -0.3 is 5.73 Å². The van der Waals surface area contributed by atoms with Gasteiger partial charge in [-0.2, -0.15) is 5.10 Å². The van der Waals surface area contributed by atoms with Gasteiger partial charge >= 0.3 is 0 Å². The Bertz CT molecular complexity index is 423. The average Bonchev–Trinajstić information content (AvgIpc) is 2.64. The molecule has 0 saturated heterocycles. The average molecular weight is 252 g/mol. The third kappa shape index (κ3) is 1.96. The lowest BCUT2D eigenvalue weighted by molar-refractivity contribution is 0.687. The van der Waals surface area contributed by atoms with Crippen LogP contribution < -0.4 is 5.73 Å². The molecular formula is C10H10BrN3. The van der Waals surface area contributed by atoms with Crippen molar-refractivity contribution < 1.29 is 0 Å². The van der Waals surface area contributed by atoms with Crippen molar-refractivity contribution in [2.45, 2.75) is 6.54 Å². The molecule has 0 unspecified atom stereocenters. The van der Waals surface area contributed by atoms with Gasteiger partial charge in [0.2, 0.25) is 0 Å². The largest absolute Gasteiger partial charge is 0.398 e. The fourth-order valence-corrected chi connectivity index (χ4v) is 1.52. The van der Waals surface area contributed by atoms with E-state index < -0.39 is 0 Å². The Labute approximate surface area is 90.7 Å². The van der Waals surface area contributed by atoms with Crippen molar-refractivity contribution in [1.29, 1.82) is 0 Å². The normalized spacial score (nSPS) is 10.4. The molecule has 0 fully saturated rings. The molecule has 4 heteroatoms. The van der Waals surface area contributed by atoms with Crippen molar-refractivity contribution in [3.8, 4) is 0 Å². The summed E-state index contributed by atoms with van der Waals surface area (Å²) in [5, 5.41) is 4.13. The number of rotatable bonds is 2. The fourth-order valence-electron chi connectivity index (χ4n) is 1.27. The van der Waals surface area contributed by atoms with Gasteiger partial charge in [0.1, 0.15) is 0 Å². The van der Waals surface area contributed by atoms with Gasteiger partial charge in [-0.1, -0.05) is 6.07 Å². The Balaban J connectivity index is 2.22. The number of nitrogens with two attached hydrogens (primary N) is 1. The Kier molecular flexibility index (Phi) is 2.54. The second-order valence-corrected chi connectivity index (χ2v) is 3.91. The minimum atomic E-state index is 0.754. The van der Waals surface area contributed by atoms with Crippen molar-refractivity contribution in [2.75, 3.05) is 5.73 Å². The molecule has 0 saturated carbocycles. The lowest BCUT2D eigenvalue weighted by Gasteiger charge is -2.04. The maximum atomic E-state index is 5.77. The molecule has 0 aliphatic heterocycles. The number of nitrogens with zero attached hydrogens (tertiary/aromatic N) is 2. The van der Waals surface area contributed by atoms with Gasteiger partial charge in [-0.05, 0) is 39.7 Å². The smallest absolute Gasteiger partial charge is 0.0660 e. The molecule has 0 spiro atoms. The first kappa shape index (κ1) is 9.27. The van der Waals surface area contributed by atoms with E-state index >= 15 is 0 Å². The van der Waals surface area contributed by atoms with Crippen LogP contribution in [0.25, 0.3) is 0 Å². The molecule has 2 aromatic rings. The Morgan fingerprint density at radius 2 is 2.29 bits per heavy atom. The molecule has 0 amide bonds. The molecular weight excluding hydrogens is 242 g/mol. The maximum Gasteiger partial charge on any atom is 0.0660 e. The summed E-state index contributed by atoms with van der Waals surface area (Å²) in [6, 6.07) is 7.84. The van der Waals surface area contributed by atoms with Gasteiger partial charge in [-0.15, -0.1) is 0 Å². The number of halogens is 1. The zero-order valence-electron chi connectivity index (χ0n) is 7.52. The highest BCUT2D eigenvalue weighted by Gasteiger charge is 1.98. The summed E-state index contributed by atoms with van der Waals surface area (Å²) in [5.41, 5.74) is 7.68. The third-order valence-electron chi connectivity index (χ3n) is 1.96. The summed E-state index contributed by atoms with van der Waals surface area (Å²) in [5.74, 6) is 0. The van der Waals surface area contributed by atoms with Crippen LogP contribution in [0.4, 0.5) is 5.69 Å². The molecule has 1 aromatic heterocycles. The summed E-state index contributed by atoms with van der Waals surface area (Å²) in [4.78, 5) is 0. The van der Waals surface area contributed by atoms with E-state index in [0.717, 1.165) is 22.3 Å². The van der Waals surface area contributed by atoms with E-state index in [9.17, 15) is 0 Å². The first-order valence-corrected chi connectivity index (χ1v) is 5.06.